The van der Waals surface area contributed by atoms with Gasteiger partial charge in [0.25, 0.3) is 0 Å². The summed E-state index contributed by atoms with van der Waals surface area (Å²) in [6.45, 7) is 3.18. The van der Waals surface area contributed by atoms with Crippen molar-refractivity contribution in [2.24, 2.45) is 0 Å². The lowest BCUT2D eigenvalue weighted by Crippen LogP contribution is -2.44. The number of pyridine rings is 1. The van der Waals surface area contributed by atoms with Crippen molar-refractivity contribution in [3.63, 3.8) is 0 Å². The molecule has 1 aromatic carbocycles. The molecule has 1 atom stereocenters. The number of aromatic nitrogens is 1. The van der Waals surface area contributed by atoms with Crippen LogP contribution in [0.3, 0.4) is 0 Å². The Bertz CT molecular complexity index is 674. The number of ether oxygens (including phenoxy) is 1. The van der Waals surface area contributed by atoms with E-state index in [1.54, 1.807) is 0 Å². The zero-order valence-electron chi connectivity index (χ0n) is 12.0. The van der Waals surface area contributed by atoms with Crippen LogP contribution in [0.4, 0.5) is 5.82 Å². The van der Waals surface area contributed by atoms with E-state index in [0.717, 1.165) is 30.6 Å². The molecule has 108 valence electrons. The molecule has 2 heterocycles. The number of para-hydroxylation sites is 1. The molecule has 0 aliphatic carbocycles. The molecular formula is C16H18N4O. The SMILES string of the molecule is CN(CC1CNCCO1)c1nc2ccccc2cc1C#N. The van der Waals surface area contributed by atoms with Crippen LogP contribution in [0.2, 0.25) is 0 Å². The Morgan fingerprint density at radius 1 is 1.48 bits per heavy atom. The zero-order chi connectivity index (χ0) is 14.7. The smallest absolute Gasteiger partial charge is 0.147 e. The van der Waals surface area contributed by atoms with Crippen molar-refractivity contribution in [1.82, 2.24) is 10.3 Å². The lowest BCUT2D eigenvalue weighted by atomic mass is 10.1. The monoisotopic (exact) mass is 282 g/mol. The maximum atomic E-state index is 9.37. The molecule has 0 spiro atoms. The third-order valence-corrected chi connectivity index (χ3v) is 3.67. The molecule has 0 saturated carbocycles. The van der Waals surface area contributed by atoms with Gasteiger partial charge in [-0.3, -0.25) is 0 Å². The fourth-order valence-corrected chi connectivity index (χ4v) is 2.61. The van der Waals surface area contributed by atoms with Crippen LogP contribution in [0.5, 0.6) is 0 Å². The average molecular weight is 282 g/mol. The van der Waals surface area contributed by atoms with E-state index in [0.29, 0.717) is 17.9 Å². The molecule has 0 bridgehead atoms. The van der Waals surface area contributed by atoms with E-state index in [2.05, 4.69) is 16.4 Å². The van der Waals surface area contributed by atoms with E-state index in [4.69, 9.17) is 4.74 Å². The fraction of sp³-hybridized carbons (Fsp3) is 0.375. The summed E-state index contributed by atoms with van der Waals surface area (Å²) in [6, 6.07) is 12.0. The zero-order valence-corrected chi connectivity index (χ0v) is 12.0. The molecule has 2 aromatic rings. The van der Waals surface area contributed by atoms with Gasteiger partial charge in [-0.2, -0.15) is 5.26 Å². The second-order valence-electron chi connectivity index (χ2n) is 5.24. The highest BCUT2D eigenvalue weighted by Crippen LogP contribution is 2.22. The van der Waals surface area contributed by atoms with Gasteiger partial charge in [0, 0.05) is 32.1 Å². The van der Waals surface area contributed by atoms with Gasteiger partial charge in [-0.15, -0.1) is 0 Å². The Morgan fingerprint density at radius 3 is 3.10 bits per heavy atom. The fourth-order valence-electron chi connectivity index (χ4n) is 2.61. The van der Waals surface area contributed by atoms with E-state index >= 15 is 0 Å². The first kappa shape index (κ1) is 13.8. The number of likely N-dealkylation sites (N-methyl/N-ethyl adjacent to an activating group) is 1. The van der Waals surface area contributed by atoms with Gasteiger partial charge < -0.3 is 15.0 Å². The highest BCUT2D eigenvalue weighted by Gasteiger charge is 2.18. The van der Waals surface area contributed by atoms with Crippen LogP contribution in [0.25, 0.3) is 10.9 Å². The number of nitrogens with zero attached hydrogens (tertiary/aromatic N) is 3. The summed E-state index contributed by atoms with van der Waals surface area (Å²) in [5.74, 6) is 0.713. The molecule has 1 aliphatic heterocycles. The maximum Gasteiger partial charge on any atom is 0.147 e. The number of fused-ring (bicyclic) bond motifs is 1. The van der Waals surface area contributed by atoms with Gasteiger partial charge in [-0.25, -0.2) is 4.98 Å². The molecule has 1 aromatic heterocycles. The lowest BCUT2D eigenvalue weighted by molar-refractivity contribution is 0.0339. The second kappa shape index (κ2) is 6.08. The van der Waals surface area contributed by atoms with Crippen LogP contribution in [0.15, 0.2) is 30.3 Å². The predicted molar refractivity (Wildman–Crippen MR) is 82.3 cm³/mol. The van der Waals surface area contributed by atoms with Crippen molar-refractivity contribution < 1.29 is 4.74 Å². The minimum atomic E-state index is 0.128. The van der Waals surface area contributed by atoms with Crippen LogP contribution in [0.1, 0.15) is 5.56 Å². The van der Waals surface area contributed by atoms with Gasteiger partial charge in [0.2, 0.25) is 0 Å². The standard InChI is InChI=1S/C16H18N4O/c1-20(11-14-10-18-6-7-21-14)16-13(9-17)8-12-4-2-3-5-15(12)19-16/h2-5,8,14,18H,6-7,10-11H2,1H3. The number of nitrogens with one attached hydrogen (secondary N) is 1. The van der Waals surface area contributed by atoms with Gasteiger partial charge in [0.15, 0.2) is 0 Å². The van der Waals surface area contributed by atoms with Crippen LogP contribution in [-0.2, 0) is 4.74 Å². The summed E-state index contributed by atoms with van der Waals surface area (Å²) in [5.41, 5.74) is 1.50. The number of morpholine rings is 1. The Morgan fingerprint density at radius 2 is 2.33 bits per heavy atom. The highest BCUT2D eigenvalue weighted by atomic mass is 16.5. The predicted octanol–water partition coefficient (Wildman–Crippen LogP) is 1.53. The van der Waals surface area contributed by atoms with Crippen LogP contribution >= 0.6 is 0 Å². The Hall–Kier alpha value is -2.16. The summed E-state index contributed by atoms with van der Waals surface area (Å²) < 4.78 is 5.72. The van der Waals surface area contributed by atoms with E-state index in [1.165, 1.54) is 0 Å². The van der Waals surface area contributed by atoms with Crippen LogP contribution < -0.4 is 10.2 Å². The molecule has 21 heavy (non-hydrogen) atoms. The summed E-state index contributed by atoms with van der Waals surface area (Å²) in [4.78, 5) is 6.64. The molecule has 0 amide bonds. The van der Waals surface area contributed by atoms with Crippen LogP contribution in [-0.4, -0.2) is 44.4 Å². The average Bonchev–Trinajstić information content (AvgIpc) is 2.54. The van der Waals surface area contributed by atoms with E-state index < -0.39 is 0 Å². The number of benzene rings is 1. The van der Waals surface area contributed by atoms with E-state index in [9.17, 15) is 5.26 Å². The molecule has 1 N–H and O–H groups in total. The summed E-state index contributed by atoms with van der Waals surface area (Å²) in [5, 5.41) is 13.7. The quantitative estimate of drug-likeness (QED) is 0.925. The van der Waals surface area contributed by atoms with Gasteiger partial charge >= 0.3 is 0 Å². The lowest BCUT2D eigenvalue weighted by Gasteiger charge is -2.29. The third-order valence-electron chi connectivity index (χ3n) is 3.67. The van der Waals surface area contributed by atoms with E-state index in [-0.39, 0.29) is 6.10 Å². The van der Waals surface area contributed by atoms with E-state index in [1.807, 2.05) is 42.3 Å². The minimum absolute atomic E-state index is 0.128. The first-order chi connectivity index (χ1) is 10.3. The van der Waals surface area contributed by atoms with Crippen molar-refractivity contribution >= 4 is 16.7 Å². The first-order valence-corrected chi connectivity index (χ1v) is 7.11. The first-order valence-electron chi connectivity index (χ1n) is 7.11. The molecule has 1 saturated heterocycles. The molecular weight excluding hydrogens is 264 g/mol. The molecule has 5 nitrogen and oxygen atoms in total. The summed E-state index contributed by atoms with van der Waals surface area (Å²) >= 11 is 0. The minimum Gasteiger partial charge on any atom is -0.374 e. The number of nitriles is 1. The number of hydrogen-bond acceptors (Lipinski definition) is 5. The molecule has 1 aliphatic rings. The van der Waals surface area contributed by atoms with Crippen LogP contribution in [0, 0.1) is 11.3 Å². The van der Waals surface area contributed by atoms with Crippen molar-refractivity contribution in [2.45, 2.75) is 6.10 Å². The Kier molecular flexibility index (Phi) is 4.00. The molecule has 3 rings (SSSR count). The van der Waals surface area contributed by atoms with Crippen molar-refractivity contribution in [1.29, 1.82) is 5.26 Å². The van der Waals surface area contributed by atoms with Crippen molar-refractivity contribution in [3.05, 3.63) is 35.9 Å². The van der Waals surface area contributed by atoms with Gasteiger partial charge in [-0.05, 0) is 12.1 Å². The Balaban J connectivity index is 1.89. The topological polar surface area (TPSA) is 61.2 Å². The maximum absolute atomic E-state index is 9.37. The third kappa shape index (κ3) is 2.97. The normalized spacial score (nSPS) is 18.4. The largest absolute Gasteiger partial charge is 0.374 e. The number of rotatable bonds is 3. The van der Waals surface area contributed by atoms with Crippen molar-refractivity contribution in [2.75, 3.05) is 38.2 Å². The molecule has 1 fully saturated rings. The molecule has 5 heteroatoms. The molecule has 0 radical (unpaired) electrons. The second-order valence-corrected chi connectivity index (χ2v) is 5.24. The van der Waals surface area contributed by atoms with Gasteiger partial charge in [-0.1, -0.05) is 18.2 Å². The Labute approximate surface area is 124 Å². The summed E-state index contributed by atoms with van der Waals surface area (Å²) in [6.07, 6.45) is 0.128. The number of anilines is 1. The van der Waals surface area contributed by atoms with Crippen molar-refractivity contribution in [3.8, 4) is 6.07 Å². The summed E-state index contributed by atoms with van der Waals surface area (Å²) in [7, 11) is 1.95. The van der Waals surface area contributed by atoms with Gasteiger partial charge in [0.1, 0.15) is 11.9 Å². The van der Waals surface area contributed by atoms with Gasteiger partial charge in [0.05, 0.1) is 23.8 Å². The highest BCUT2D eigenvalue weighted by molar-refractivity contribution is 5.83. The molecule has 1 unspecified atom stereocenters. The number of hydrogen-bond donors (Lipinski definition) is 1.